The van der Waals surface area contributed by atoms with Gasteiger partial charge in [0.1, 0.15) is 0 Å². The fraction of sp³-hybridized carbons (Fsp3) is 0.364. The maximum absolute atomic E-state index is 12.6. The Balaban J connectivity index is 1.75. The lowest BCUT2D eigenvalue weighted by atomic mass is 9.81. The third-order valence-electron chi connectivity index (χ3n) is 6.49. The second-order valence-corrected chi connectivity index (χ2v) is 7.82. The van der Waals surface area contributed by atoms with Crippen molar-refractivity contribution in [3.8, 4) is 0 Å². The molecule has 0 fully saturated rings. The summed E-state index contributed by atoms with van der Waals surface area (Å²) in [5.41, 5.74) is 8.63. The monoisotopic (exact) mass is 360 g/mol. The average molecular weight is 360 g/mol. The van der Waals surface area contributed by atoms with Crippen molar-refractivity contribution < 1.29 is 4.79 Å². The molecule has 3 heterocycles. The summed E-state index contributed by atoms with van der Waals surface area (Å²) in [4.78, 5) is 17.4. The zero-order valence-electron chi connectivity index (χ0n) is 16.0. The van der Waals surface area contributed by atoms with Gasteiger partial charge in [-0.05, 0) is 56.2 Å². The molecule has 2 aromatic heterocycles. The summed E-state index contributed by atoms with van der Waals surface area (Å²) in [5, 5.41) is 6.67. The van der Waals surface area contributed by atoms with E-state index in [9.17, 15) is 4.79 Å². The number of fused-ring (bicyclic) bond motifs is 5. The second-order valence-electron chi connectivity index (χ2n) is 7.82. The molecule has 1 amide bonds. The molecule has 5 rings (SSSR count). The van der Waals surface area contributed by atoms with Gasteiger partial charge >= 0.3 is 0 Å². The van der Waals surface area contributed by atoms with E-state index in [1.807, 2.05) is 13.1 Å². The van der Waals surface area contributed by atoms with Crippen LogP contribution in [0.5, 0.6) is 0 Å². The molecule has 0 bridgehead atoms. The number of carbonyl (C=O) groups excluding carboxylic acids is 1. The topological polar surface area (TPSA) is 58.4 Å². The highest BCUT2D eigenvalue weighted by Crippen LogP contribution is 2.48. The van der Waals surface area contributed by atoms with Gasteiger partial charge in [-0.1, -0.05) is 24.3 Å². The molecule has 1 spiro atoms. The number of nitrogens with zero attached hydrogens (tertiary/aromatic N) is 2. The predicted molar refractivity (Wildman–Crippen MR) is 106 cm³/mol. The Hall–Kier alpha value is -2.82. The number of rotatable bonds is 1. The molecule has 0 saturated heterocycles. The summed E-state index contributed by atoms with van der Waals surface area (Å²) in [6.07, 6.45) is 6.00. The molecule has 3 aromatic rings. The normalized spacial score (nSPS) is 20.4. The molecular weight excluding hydrogens is 336 g/mol. The van der Waals surface area contributed by atoms with Gasteiger partial charge in [-0.15, -0.1) is 0 Å². The molecule has 138 valence electrons. The van der Waals surface area contributed by atoms with Gasteiger partial charge in [-0.25, -0.2) is 4.98 Å². The van der Waals surface area contributed by atoms with E-state index in [1.54, 1.807) is 7.05 Å². The molecule has 2 N–H and O–H groups in total. The second kappa shape index (κ2) is 5.59. The Morgan fingerprint density at radius 3 is 2.81 bits per heavy atom. The summed E-state index contributed by atoms with van der Waals surface area (Å²) in [5.74, 6) is -0.0384. The number of hydrogen-bond acceptors (Lipinski definition) is 3. The third-order valence-corrected chi connectivity index (χ3v) is 6.49. The standard InChI is InChI=1S/C22H24N4O/c1-13-14(2)26-12-17(21(27)23-3)16-9-11-22(25-19(16)20(26)24-13)10-8-15-6-4-5-7-18(15)22/h4-7,12,25H,8-11H2,1-3H3,(H,23,27). The number of imidazole rings is 1. The van der Waals surface area contributed by atoms with Crippen LogP contribution in [0.15, 0.2) is 30.5 Å². The Kier molecular flexibility index (Phi) is 3.39. The highest BCUT2D eigenvalue weighted by Gasteiger charge is 2.42. The molecule has 5 heteroatoms. The number of amides is 1. The minimum atomic E-state index is -0.0564. The molecule has 0 saturated carbocycles. The van der Waals surface area contributed by atoms with Gasteiger partial charge < -0.3 is 15.0 Å². The van der Waals surface area contributed by atoms with Crippen LogP contribution in [-0.2, 0) is 18.4 Å². The molecule has 5 nitrogen and oxygen atoms in total. The number of carbonyl (C=O) groups is 1. The van der Waals surface area contributed by atoms with E-state index in [-0.39, 0.29) is 11.4 Å². The van der Waals surface area contributed by atoms with Crippen molar-refractivity contribution in [1.82, 2.24) is 14.7 Å². The summed E-state index contributed by atoms with van der Waals surface area (Å²) in [6, 6.07) is 8.74. The number of aromatic nitrogens is 2. The van der Waals surface area contributed by atoms with Crippen LogP contribution in [0.1, 0.15) is 51.3 Å². The first-order valence-corrected chi connectivity index (χ1v) is 9.64. The highest BCUT2D eigenvalue weighted by atomic mass is 16.1. The lowest BCUT2D eigenvalue weighted by molar-refractivity contribution is 0.0961. The van der Waals surface area contributed by atoms with E-state index >= 15 is 0 Å². The van der Waals surface area contributed by atoms with Crippen molar-refractivity contribution in [1.29, 1.82) is 0 Å². The van der Waals surface area contributed by atoms with Crippen LogP contribution in [0.2, 0.25) is 0 Å². The lowest BCUT2D eigenvalue weighted by Crippen LogP contribution is -2.38. The maximum Gasteiger partial charge on any atom is 0.252 e. The zero-order chi connectivity index (χ0) is 18.8. The van der Waals surface area contributed by atoms with Crippen LogP contribution in [0.25, 0.3) is 5.65 Å². The fourth-order valence-corrected chi connectivity index (χ4v) is 4.88. The number of nitrogens with one attached hydrogen (secondary N) is 2. The molecule has 1 aliphatic carbocycles. The molecule has 27 heavy (non-hydrogen) atoms. The van der Waals surface area contributed by atoms with Crippen LogP contribution >= 0.6 is 0 Å². The summed E-state index contributed by atoms with van der Waals surface area (Å²) >= 11 is 0. The van der Waals surface area contributed by atoms with Crippen molar-refractivity contribution in [2.24, 2.45) is 0 Å². The van der Waals surface area contributed by atoms with E-state index in [0.717, 1.165) is 59.5 Å². The number of benzene rings is 1. The average Bonchev–Trinajstić information content (AvgIpc) is 3.19. The van der Waals surface area contributed by atoms with Crippen LogP contribution < -0.4 is 10.6 Å². The zero-order valence-corrected chi connectivity index (χ0v) is 16.0. The molecule has 2 aliphatic rings. The minimum absolute atomic E-state index is 0.0384. The third kappa shape index (κ3) is 2.17. The quantitative estimate of drug-likeness (QED) is 0.698. The van der Waals surface area contributed by atoms with Gasteiger partial charge in [-0.3, -0.25) is 4.79 Å². The first-order chi connectivity index (χ1) is 13.0. The molecule has 1 aliphatic heterocycles. The Bertz CT molecular complexity index is 1100. The number of aryl methyl sites for hydroxylation is 3. The van der Waals surface area contributed by atoms with Crippen LogP contribution in [0, 0.1) is 13.8 Å². The first kappa shape index (κ1) is 16.4. The Morgan fingerprint density at radius 2 is 2.00 bits per heavy atom. The summed E-state index contributed by atoms with van der Waals surface area (Å²) in [6.45, 7) is 4.08. The van der Waals surface area contributed by atoms with Crippen molar-refractivity contribution in [2.75, 3.05) is 12.4 Å². The van der Waals surface area contributed by atoms with Crippen molar-refractivity contribution in [3.63, 3.8) is 0 Å². The van der Waals surface area contributed by atoms with Crippen molar-refractivity contribution >= 4 is 17.2 Å². The molecule has 1 aromatic carbocycles. The molecule has 1 unspecified atom stereocenters. The van der Waals surface area contributed by atoms with Crippen molar-refractivity contribution in [2.45, 2.75) is 45.1 Å². The molecule has 0 radical (unpaired) electrons. The Morgan fingerprint density at radius 1 is 1.22 bits per heavy atom. The molecule has 1 atom stereocenters. The maximum atomic E-state index is 12.6. The van der Waals surface area contributed by atoms with Gasteiger partial charge in [0.25, 0.3) is 5.91 Å². The Labute approximate surface area is 158 Å². The van der Waals surface area contributed by atoms with Gasteiger partial charge in [0, 0.05) is 18.9 Å². The van der Waals surface area contributed by atoms with E-state index < -0.39 is 0 Å². The minimum Gasteiger partial charge on any atom is -0.372 e. The van der Waals surface area contributed by atoms with Crippen molar-refractivity contribution in [3.05, 3.63) is 64.1 Å². The number of hydrogen-bond donors (Lipinski definition) is 2. The van der Waals surface area contributed by atoms with Crippen LogP contribution in [0.3, 0.4) is 0 Å². The van der Waals surface area contributed by atoms with Gasteiger partial charge in [-0.2, -0.15) is 0 Å². The van der Waals surface area contributed by atoms with E-state index in [0.29, 0.717) is 0 Å². The lowest BCUT2D eigenvalue weighted by Gasteiger charge is -2.38. The number of pyridine rings is 1. The number of anilines is 1. The van der Waals surface area contributed by atoms with Gasteiger partial charge in [0.05, 0.1) is 22.5 Å². The SMILES string of the molecule is CNC(=O)c1cn2c(C)c(C)nc2c2c1CCC1(CCc3ccccc31)N2. The summed E-state index contributed by atoms with van der Waals surface area (Å²) < 4.78 is 2.06. The first-order valence-electron chi connectivity index (χ1n) is 9.64. The van der Waals surface area contributed by atoms with Gasteiger partial charge in [0.15, 0.2) is 5.65 Å². The van der Waals surface area contributed by atoms with Crippen LogP contribution in [0.4, 0.5) is 5.69 Å². The molecular formula is C22H24N4O. The van der Waals surface area contributed by atoms with E-state index in [2.05, 4.69) is 46.2 Å². The van der Waals surface area contributed by atoms with E-state index in [4.69, 9.17) is 4.98 Å². The van der Waals surface area contributed by atoms with Crippen LogP contribution in [-0.4, -0.2) is 22.3 Å². The van der Waals surface area contributed by atoms with E-state index in [1.165, 1.54) is 11.1 Å². The largest absolute Gasteiger partial charge is 0.372 e. The summed E-state index contributed by atoms with van der Waals surface area (Å²) in [7, 11) is 1.69. The smallest absolute Gasteiger partial charge is 0.252 e. The fourth-order valence-electron chi connectivity index (χ4n) is 4.88. The predicted octanol–water partition coefficient (Wildman–Crippen LogP) is 3.51. The van der Waals surface area contributed by atoms with Gasteiger partial charge in [0.2, 0.25) is 0 Å². The highest BCUT2D eigenvalue weighted by molar-refractivity contribution is 5.98.